The van der Waals surface area contributed by atoms with Crippen molar-refractivity contribution in [2.45, 2.75) is 26.4 Å². The minimum atomic E-state index is 0.760. The van der Waals surface area contributed by atoms with Crippen LogP contribution >= 0.6 is 27.3 Å². The quantitative estimate of drug-likeness (QED) is 0.720. The van der Waals surface area contributed by atoms with Gasteiger partial charge >= 0.3 is 0 Å². The second-order valence-corrected chi connectivity index (χ2v) is 5.16. The first kappa shape index (κ1) is 10.2. The topological polar surface area (TPSA) is 9.23 Å². The highest BCUT2D eigenvalue weighted by Gasteiger charge is 1.96. The van der Waals surface area contributed by atoms with Crippen molar-refractivity contribution in [3.63, 3.8) is 0 Å². The first-order valence-corrected chi connectivity index (χ1v) is 5.76. The molecule has 68 valence electrons. The third-order valence-electron chi connectivity index (χ3n) is 1.52. The number of ether oxygens (including phenoxy) is 1. The Kier molecular flexibility index (Phi) is 4.88. The summed E-state index contributed by atoms with van der Waals surface area (Å²) in [5, 5.41) is 0. The fraction of sp³-hybridized carbons (Fsp3) is 0.556. The number of hydrogen-bond donors (Lipinski definition) is 0. The summed E-state index contributed by atoms with van der Waals surface area (Å²) in [6.45, 7) is 3.81. The van der Waals surface area contributed by atoms with E-state index in [-0.39, 0.29) is 0 Å². The molecule has 0 N–H and O–H groups in total. The molecule has 1 heterocycles. The Morgan fingerprint density at radius 1 is 1.50 bits per heavy atom. The van der Waals surface area contributed by atoms with Crippen LogP contribution in [0.2, 0.25) is 0 Å². The molecular weight excluding hydrogens is 236 g/mol. The highest BCUT2D eigenvalue weighted by atomic mass is 79.9. The van der Waals surface area contributed by atoms with Gasteiger partial charge in [-0.2, -0.15) is 0 Å². The molecule has 0 saturated carbocycles. The van der Waals surface area contributed by atoms with Crippen molar-refractivity contribution in [2.24, 2.45) is 0 Å². The standard InChI is InChI=1S/C9H13BrOS/c1-2-3-6-11-7-8-4-5-9(10)12-8/h4-5H,2-3,6-7H2,1H3. The maximum absolute atomic E-state index is 5.46. The van der Waals surface area contributed by atoms with Gasteiger partial charge in [0.1, 0.15) is 0 Å². The molecule has 0 amide bonds. The van der Waals surface area contributed by atoms with E-state index in [1.807, 2.05) is 0 Å². The van der Waals surface area contributed by atoms with Gasteiger partial charge in [-0.1, -0.05) is 13.3 Å². The molecule has 0 bridgehead atoms. The van der Waals surface area contributed by atoms with Crippen LogP contribution in [-0.2, 0) is 11.3 Å². The maximum Gasteiger partial charge on any atom is 0.0809 e. The van der Waals surface area contributed by atoms with E-state index in [0.29, 0.717) is 0 Å². The molecule has 0 radical (unpaired) electrons. The summed E-state index contributed by atoms with van der Waals surface area (Å²) >= 11 is 5.16. The number of rotatable bonds is 5. The van der Waals surface area contributed by atoms with E-state index in [1.165, 1.54) is 15.1 Å². The number of thiophene rings is 1. The first-order chi connectivity index (χ1) is 5.83. The lowest BCUT2D eigenvalue weighted by Crippen LogP contribution is -1.92. The van der Waals surface area contributed by atoms with Gasteiger partial charge in [-0.15, -0.1) is 11.3 Å². The van der Waals surface area contributed by atoms with Crippen LogP contribution in [0, 0.1) is 0 Å². The second kappa shape index (κ2) is 5.73. The van der Waals surface area contributed by atoms with Gasteiger partial charge in [-0.3, -0.25) is 0 Å². The van der Waals surface area contributed by atoms with Crippen LogP contribution in [0.3, 0.4) is 0 Å². The zero-order chi connectivity index (χ0) is 8.81. The molecule has 0 spiro atoms. The average Bonchev–Trinajstić information content (AvgIpc) is 2.45. The van der Waals surface area contributed by atoms with Crippen molar-refractivity contribution in [3.8, 4) is 0 Å². The molecule has 0 aliphatic carbocycles. The van der Waals surface area contributed by atoms with Gasteiger partial charge in [0.15, 0.2) is 0 Å². The van der Waals surface area contributed by atoms with Crippen LogP contribution in [-0.4, -0.2) is 6.61 Å². The third kappa shape index (κ3) is 3.70. The Morgan fingerprint density at radius 2 is 2.33 bits per heavy atom. The van der Waals surface area contributed by atoms with E-state index >= 15 is 0 Å². The van der Waals surface area contributed by atoms with Gasteiger partial charge in [-0.05, 0) is 34.5 Å². The van der Waals surface area contributed by atoms with Gasteiger partial charge in [0.2, 0.25) is 0 Å². The number of unbranched alkanes of at least 4 members (excludes halogenated alkanes) is 1. The van der Waals surface area contributed by atoms with E-state index in [4.69, 9.17) is 4.74 Å². The molecule has 0 unspecified atom stereocenters. The predicted octanol–water partition coefficient (Wildman–Crippen LogP) is 3.83. The zero-order valence-electron chi connectivity index (χ0n) is 7.18. The summed E-state index contributed by atoms with van der Waals surface area (Å²) in [5.74, 6) is 0. The summed E-state index contributed by atoms with van der Waals surface area (Å²) in [7, 11) is 0. The van der Waals surface area contributed by atoms with Gasteiger partial charge in [0.25, 0.3) is 0 Å². The molecule has 1 rings (SSSR count). The molecule has 1 aromatic heterocycles. The Morgan fingerprint density at radius 3 is 2.92 bits per heavy atom. The summed E-state index contributed by atoms with van der Waals surface area (Å²) in [6.07, 6.45) is 2.36. The molecule has 3 heteroatoms. The number of halogens is 1. The van der Waals surface area contributed by atoms with Crippen LogP contribution in [0.4, 0.5) is 0 Å². The molecule has 0 saturated heterocycles. The molecule has 0 atom stereocenters. The largest absolute Gasteiger partial charge is 0.376 e. The smallest absolute Gasteiger partial charge is 0.0809 e. The molecule has 1 nitrogen and oxygen atoms in total. The van der Waals surface area contributed by atoms with Crippen LogP contribution in [0.25, 0.3) is 0 Å². The molecule has 12 heavy (non-hydrogen) atoms. The maximum atomic E-state index is 5.46. The van der Waals surface area contributed by atoms with Crippen LogP contribution in [0.1, 0.15) is 24.6 Å². The van der Waals surface area contributed by atoms with Gasteiger partial charge in [0, 0.05) is 11.5 Å². The van der Waals surface area contributed by atoms with Crippen molar-refractivity contribution in [1.82, 2.24) is 0 Å². The zero-order valence-corrected chi connectivity index (χ0v) is 9.58. The lowest BCUT2D eigenvalue weighted by Gasteiger charge is -1.99. The molecule has 1 aromatic rings. The molecule has 0 fully saturated rings. The normalized spacial score (nSPS) is 10.5. The lowest BCUT2D eigenvalue weighted by atomic mass is 10.4. The van der Waals surface area contributed by atoms with E-state index in [9.17, 15) is 0 Å². The summed E-state index contributed by atoms with van der Waals surface area (Å²) in [4.78, 5) is 1.29. The Balaban J connectivity index is 2.15. The minimum Gasteiger partial charge on any atom is -0.376 e. The van der Waals surface area contributed by atoms with Crippen molar-refractivity contribution in [1.29, 1.82) is 0 Å². The van der Waals surface area contributed by atoms with Crippen molar-refractivity contribution in [2.75, 3.05) is 6.61 Å². The van der Waals surface area contributed by atoms with Gasteiger partial charge in [0.05, 0.1) is 10.4 Å². The fourth-order valence-corrected chi connectivity index (χ4v) is 2.27. The lowest BCUT2D eigenvalue weighted by molar-refractivity contribution is 0.120. The molecule has 0 aliphatic heterocycles. The Labute approximate surface area is 85.9 Å². The molecule has 0 aliphatic rings. The van der Waals surface area contributed by atoms with E-state index in [2.05, 4.69) is 35.0 Å². The highest BCUT2D eigenvalue weighted by Crippen LogP contribution is 2.22. The van der Waals surface area contributed by atoms with Gasteiger partial charge < -0.3 is 4.74 Å². The Bertz CT molecular complexity index is 222. The van der Waals surface area contributed by atoms with Crippen molar-refractivity contribution < 1.29 is 4.74 Å². The van der Waals surface area contributed by atoms with E-state index in [0.717, 1.165) is 19.6 Å². The monoisotopic (exact) mass is 248 g/mol. The van der Waals surface area contributed by atoms with Crippen molar-refractivity contribution >= 4 is 27.3 Å². The van der Waals surface area contributed by atoms with Gasteiger partial charge in [-0.25, -0.2) is 0 Å². The SMILES string of the molecule is CCCCOCc1ccc(Br)s1. The molecular formula is C9H13BrOS. The predicted molar refractivity (Wildman–Crippen MR) is 56.6 cm³/mol. The minimum absolute atomic E-state index is 0.760. The first-order valence-electron chi connectivity index (χ1n) is 4.15. The average molecular weight is 249 g/mol. The molecule has 0 aromatic carbocycles. The van der Waals surface area contributed by atoms with Crippen molar-refractivity contribution in [3.05, 3.63) is 20.8 Å². The third-order valence-corrected chi connectivity index (χ3v) is 3.11. The second-order valence-electron chi connectivity index (χ2n) is 2.61. The van der Waals surface area contributed by atoms with E-state index in [1.54, 1.807) is 11.3 Å². The van der Waals surface area contributed by atoms with Crippen LogP contribution < -0.4 is 0 Å². The summed E-state index contributed by atoms with van der Waals surface area (Å²) < 4.78 is 6.64. The van der Waals surface area contributed by atoms with E-state index < -0.39 is 0 Å². The van der Waals surface area contributed by atoms with Crippen LogP contribution in [0.15, 0.2) is 15.9 Å². The van der Waals surface area contributed by atoms with Crippen LogP contribution in [0.5, 0.6) is 0 Å². The Hall–Kier alpha value is 0.140. The fourth-order valence-electron chi connectivity index (χ4n) is 0.848. The highest BCUT2D eigenvalue weighted by molar-refractivity contribution is 9.11. The number of hydrogen-bond acceptors (Lipinski definition) is 2. The summed E-state index contributed by atoms with van der Waals surface area (Å²) in [5.41, 5.74) is 0. The summed E-state index contributed by atoms with van der Waals surface area (Å²) in [6, 6.07) is 4.16.